The summed E-state index contributed by atoms with van der Waals surface area (Å²) in [5.74, 6) is 0.188. The summed E-state index contributed by atoms with van der Waals surface area (Å²) in [6.45, 7) is 7.47. The molecule has 0 saturated heterocycles. The Kier molecular flexibility index (Phi) is 6.57. The van der Waals surface area contributed by atoms with Gasteiger partial charge in [0.1, 0.15) is 0 Å². The number of hydrogen-bond donors (Lipinski definition) is 1. The zero-order valence-corrected chi connectivity index (χ0v) is 12.4. The Balaban J connectivity index is 2.80. The summed E-state index contributed by atoms with van der Waals surface area (Å²) in [4.78, 5) is 14.4. The van der Waals surface area contributed by atoms with Crippen LogP contribution in [-0.4, -0.2) is 29.9 Å². The van der Waals surface area contributed by atoms with Crippen LogP contribution in [0.5, 0.6) is 0 Å². The number of carbonyl (C=O) groups is 1. The second-order valence-corrected chi connectivity index (χ2v) is 4.95. The van der Waals surface area contributed by atoms with E-state index in [9.17, 15) is 4.79 Å². The van der Waals surface area contributed by atoms with Gasteiger partial charge in [-0.05, 0) is 30.9 Å². The number of hydrogen-bond acceptors (Lipinski definition) is 2. The summed E-state index contributed by atoms with van der Waals surface area (Å²) in [6.07, 6.45) is 2.44. The number of aryl methyl sites for hydroxylation is 1. The van der Waals surface area contributed by atoms with Crippen molar-refractivity contribution in [1.29, 1.82) is 0 Å². The van der Waals surface area contributed by atoms with Gasteiger partial charge < -0.3 is 10.6 Å². The van der Waals surface area contributed by atoms with Crippen LogP contribution in [0.4, 0.5) is 0 Å². The second-order valence-electron chi connectivity index (χ2n) is 4.95. The van der Waals surface area contributed by atoms with E-state index < -0.39 is 0 Å². The van der Waals surface area contributed by atoms with Gasteiger partial charge in [-0.3, -0.25) is 4.79 Å². The van der Waals surface area contributed by atoms with Crippen molar-refractivity contribution in [3.8, 4) is 0 Å². The van der Waals surface area contributed by atoms with Gasteiger partial charge in [0.15, 0.2) is 0 Å². The van der Waals surface area contributed by atoms with E-state index in [0.717, 1.165) is 18.4 Å². The Bertz CT molecular complexity index is 399. The lowest BCUT2D eigenvalue weighted by Gasteiger charge is -2.30. The number of benzene rings is 1. The number of nitrogens with two attached hydrogens (primary N) is 1. The third kappa shape index (κ3) is 4.35. The molecule has 1 aromatic rings. The van der Waals surface area contributed by atoms with Crippen LogP contribution in [0.3, 0.4) is 0 Å². The first-order valence-corrected chi connectivity index (χ1v) is 7.18. The van der Waals surface area contributed by atoms with E-state index in [4.69, 9.17) is 5.73 Å². The van der Waals surface area contributed by atoms with Gasteiger partial charge in [-0.15, -0.1) is 0 Å². The molecule has 106 valence electrons. The van der Waals surface area contributed by atoms with E-state index in [1.807, 2.05) is 36.1 Å². The Hall–Kier alpha value is -1.35. The van der Waals surface area contributed by atoms with Crippen LogP contribution in [0, 0.1) is 6.92 Å². The molecule has 1 aromatic carbocycles. The maximum absolute atomic E-state index is 12.5. The summed E-state index contributed by atoms with van der Waals surface area (Å²) in [5.41, 5.74) is 7.93. The maximum Gasteiger partial charge on any atom is 0.227 e. The van der Waals surface area contributed by atoms with Gasteiger partial charge in [-0.2, -0.15) is 0 Å². The fraction of sp³-hybridized carbons (Fsp3) is 0.562. The van der Waals surface area contributed by atoms with Crippen molar-refractivity contribution in [1.82, 2.24) is 4.90 Å². The number of carbonyl (C=O) groups excluding carboxylic acids is 1. The van der Waals surface area contributed by atoms with Crippen LogP contribution in [0.2, 0.25) is 0 Å². The molecular weight excluding hydrogens is 236 g/mol. The lowest BCUT2D eigenvalue weighted by Crippen LogP contribution is -2.43. The van der Waals surface area contributed by atoms with E-state index in [1.54, 1.807) is 0 Å². The molecule has 0 spiro atoms. The van der Waals surface area contributed by atoms with Crippen molar-refractivity contribution in [2.75, 3.05) is 13.1 Å². The van der Waals surface area contributed by atoms with Gasteiger partial charge >= 0.3 is 0 Å². The summed E-state index contributed by atoms with van der Waals surface area (Å²) in [6, 6.07) is 8.37. The van der Waals surface area contributed by atoms with Crippen molar-refractivity contribution in [3.63, 3.8) is 0 Å². The van der Waals surface area contributed by atoms with Crippen molar-refractivity contribution in [3.05, 3.63) is 35.4 Å². The average molecular weight is 262 g/mol. The van der Waals surface area contributed by atoms with Crippen LogP contribution < -0.4 is 5.73 Å². The lowest BCUT2D eigenvalue weighted by atomic mass is 10.0. The van der Waals surface area contributed by atoms with E-state index in [2.05, 4.69) is 13.8 Å². The van der Waals surface area contributed by atoms with Crippen LogP contribution in [0.1, 0.15) is 37.8 Å². The minimum Gasteiger partial charge on any atom is -0.338 e. The Morgan fingerprint density at radius 1 is 1.26 bits per heavy atom. The van der Waals surface area contributed by atoms with Crippen LogP contribution in [0.15, 0.2) is 24.3 Å². The highest BCUT2D eigenvalue weighted by Crippen LogP contribution is 2.13. The van der Waals surface area contributed by atoms with Gasteiger partial charge in [-0.1, -0.05) is 38.1 Å². The molecule has 3 nitrogen and oxygen atoms in total. The molecule has 0 unspecified atom stereocenters. The third-order valence-electron chi connectivity index (χ3n) is 3.68. The molecule has 0 atom stereocenters. The molecule has 0 aromatic heterocycles. The molecule has 3 heteroatoms. The fourth-order valence-corrected chi connectivity index (χ4v) is 2.45. The molecule has 0 aliphatic heterocycles. The van der Waals surface area contributed by atoms with E-state index >= 15 is 0 Å². The minimum absolute atomic E-state index is 0.188. The normalized spacial score (nSPS) is 10.8. The van der Waals surface area contributed by atoms with E-state index in [-0.39, 0.29) is 5.91 Å². The predicted octanol–water partition coefficient (Wildman–Crippen LogP) is 2.51. The molecule has 0 fully saturated rings. The van der Waals surface area contributed by atoms with E-state index in [1.165, 1.54) is 5.56 Å². The molecule has 2 N–H and O–H groups in total. The monoisotopic (exact) mass is 262 g/mol. The van der Waals surface area contributed by atoms with Crippen molar-refractivity contribution in [2.45, 2.75) is 46.1 Å². The maximum atomic E-state index is 12.5. The summed E-state index contributed by atoms with van der Waals surface area (Å²) < 4.78 is 0. The number of amides is 1. The Morgan fingerprint density at radius 2 is 1.89 bits per heavy atom. The smallest absolute Gasteiger partial charge is 0.227 e. The average Bonchev–Trinajstić information content (AvgIpc) is 2.41. The topological polar surface area (TPSA) is 46.3 Å². The third-order valence-corrected chi connectivity index (χ3v) is 3.68. The highest BCUT2D eigenvalue weighted by atomic mass is 16.2. The summed E-state index contributed by atoms with van der Waals surface area (Å²) in [7, 11) is 0. The summed E-state index contributed by atoms with van der Waals surface area (Å²) in [5, 5.41) is 0. The standard InChI is InChI=1S/C16H26N2O/c1-4-15(5-2)18(11-10-17)16(19)12-14-9-7-6-8-13(14)3/h6-9,15H,4-5,10-12,17H2,1-3H3. The molecule has 0 heterocycles. The first kappa shape index (κ1) is 15.7. The largest absolute Gasteiger partial charge is 0.338 e. The zero-order chi connectivity index (χ0) is 14.3. The molecule has 0 bridgehead atoms. The zero-order valence-electron chi connectivity index (χ0n) is 12.4. The molecule has 1 amide bonds. The highest BCUT2D eigenvalue weighted by Gasteiger charge is 2.20. The molecule has 0 saturated carbocycles. The van der Waals surface area contributed by atoms with E-state index in [0.29, 0.717) is 25.6 Å². The molecule has 0 aliphatic rings. The fourth-order valence-electron chi connectivity index (χ4n) is 2.45. The molecule has 0 aliphatic carbocycles. The van der Waals surface area contributed by atoms with Crippen molar-refractivity contribution >= 4 is 5.91 Å². The van der Waals surface area contributed by atoms with Crippen LogP contribution in [0.25, 0.3) is 0 Å². The van der Waals surface area contributed by atoms with Gasteiger partial charge in [0.25, 0.3) is 0 Å². The lowest BCUT2D eigenvalue weighted by molar-refractivity contribution is -0.132. The molecule has 0 radical (unpaired) electrons. The van der Waals surface area contributed by atoms with Gasteiger partial charge in [0, 0.05) is 19.1 Å². The van der Waals surface area contributed by atoms with Crippen LogP contribution in [-0.2, 0) is 11.2 Å². The number of rotatable bonds is 7. The predicted molar refractivity (Wildman–Crippen MR) is 80.0 cm³/mol. The Labute approximate surface area is 116 Å². The molecular formula is C16H26N2O. The Morgan fingerprint density at radius 3 is 2.42 bits per heavy atom. The van der Waals surface area contributed by atoms with Gasteiger partial charge in [0.05, 0.1) is 6.42 Å². The van der Waals surface area contributed by atoms with Gasteiger partial charge in [0.2, 0.25) is 5.91 Å². The number of nitrogens with zero attached hydrogens (tertiary/aromatic N) is 1. The first-order chi connectivity index (χ1) is 9.13. The van der Waals surface area contributed by atoms with Crippen molar-refractivity contribution in [2.24, 2.45) is 5.73 Å². The summed E-state index contributed by atoms with van der Waals surface area (Å²) >= 11 is 0. The van der Waals surface area contributed by atoms with Gasteiger partial charge in [-0.25, -0.2) is 0 Å². The quantitative estimate of drug-likeness (QED) is 0.820. The highest BCUT2D eigenvalue weighted by molar-refractivity contribution is 5.79. The first-order valence-electron chi connectivity index (χ1n) is 7.18. The second kappa shape index (κ2) is 7.95. The van der Waals surface area contributed by atoms with Crippen molar-refractivity contribution < 1.29 is 4.79 Å². The minimum atomic E-state index is 0.188. The molecule has 1 rings (SSSR count). The SMILES string of the molecule is CCC(CC)N(CCN)C(=O)Cc1ccccc1C. The molecule has 19 heavy (non-hydrogen) atoms. The van der Waals surface area contributed by atoms with Crippen LogP contribution >= 0.6 is 0 Å².